The van der Waals surface area contributed by atoms with Crippen LogP contribution in [0.4, 0.5) is 5.95 Å². The van der Waals surface area contributed by atoms with Crippen LogP contribution >= 0.6 is 15.9 Å². The van der Waals surface area contributed by atoms with Gasteiger partial charge in [-0.15, -0.1) is 6.42 Å². The zero-order valence-electron chi connectivity index (χ0n) is 9.54. The zero-order valence-corrected chi connectivity index (χ0v) is 11.1. The second kappa shape index (κ2) is 5.17. The molecule has 1 rings (SSSR count). The summed E-state index contributed by atoms with van der Waals surface area (Å²) in [5.74, 6) is 3.51. The molecule has 1 aromatic heterocycles. The third kappa shape index (κ3) is 3.38. The van der Waals surface area contributed by atoms with Crippen molar-refractivity contribution < 1.29 is 4.74 Å². The van der Waals surface area contributed by atoms with Gasteiger partial charge in [-0.1, -0.05) is 5.92 Å². The lowest BCUT2D eigenvalue weighted by molar-refractivity contribution is 0.163. The van der Waals surface area contributed by atoms with Gasteiger partial charge in [0.15, 0.2) is 5.60 Å². The number of rotatable bonds is 4. The van der Waals surface area contributed by atoms with Crippen LogP contribution in [0.15, 0.2) is 10.7 Å². The summed E-state index contributed by atoms with van der Waals surface area (Å²) in [6.07, 6.45) is 6.98. The van der Waals surface area contributed by atoms with E-state index in [-0.39, 0.29) is 0 Å². The number of aromatic nitrogens is 2. The fourth-order valence-electron chi connectivity index (χ4n) is 0.937. The molecule has 0 saturated carbocycles. The highest BCUT2D eigenvalue weighted by Gasteiger charge is 2.18. The molecule has 16 heavy (non-hydrogen) atoms. The van der Waals surface area contributed by atoms with Crippen LogP contribution in [0.2, 0.25) is 0 Å². The number of hydrogen-bond acceptors (Lipinski definition) is 4. The van der Waals surface area contributed by atoms with E-state index in [4.69, 9.17) is 11.2 Å². The lowest BCUT2D eigenvalue weighted by Crippen LogP contribution is -2.26. The maximum Gasteiger partial charge on any atom is 0.234 e. The van der Waals surface area contributed by atoms with Gasteiger partial charge in [0.2, 0.25) is 11.8 Å². The van der Waals surface area contributed by atoms with Gasteiger partial charge in [0, 0.05) is 6.54 Å². The van der Waals surface area contributed by atoms with Crippen molar-refractivity contribution in [1.29, 1.82) is 0 Å². The highest BCUT2D eigenvalue weighted by Crippen LogP contribution is 2.25. The highest BCUT2D eigenvalue weighted by atomic mass is 79.9. The molecule has 0 aliphatic rings. The Labute approximate surface area is 104 Å². The Hall–Kier alpha value is -1.28. The molecule has 0 unspecified atom stereocenters. The van der Waals surface area contributed by atoms with E-state index in [0.717, 1.165) is 6.54 Å². The van der Waals surface area contributed by atoms with E-state index in [9.17, 15) is 0 Å². The summed E-state index contributed by atoms with van der Waals surface area (Å²) in [5.41, 5.74) is -0.694. The van der Waals surface area contributed by atoms with Gasteiger partial charge in [0.1, 0.15) is 0 Å². The van der Waals surface area contributed by atoms with E-state index < -0.39 is 5.60 Å². The van der Waals surface area contributed by atoms with Crippen molar-refractivity contribution in [2.75, 3.05) is 11.9 Å². The molecule has 86 valence electrons. The number of anilines is 1. The number of halogens is 1. The van der Waals surface area contributed by atoms with Crippen molar-refractivity contribution >= 4 is 21.9 Å². The van der Waals surface area contributed by atoms with Gasteiger partial charge in [-0.05, 0) is 36.7 Å². The molecule has 4 nitrogen and oxygen atoms in total. The largest absolute Gasteiger partial charge is 0.458 e. The first-order chi connectivity index (χ1) is 7.48. The summed E-state index contributed by atoms with van der Waals surface area (Å²) in [4.78, 5) is 8.29. The van der Waals surface area contributed by atoms with Crippen molar-refractivity contribution in [3.63, 3.8) is 0 Å². The van der Waals surface area contributed by atoms with E-state index >= 15 is 0 Å². The Morgan fingerprint density at radius 2 is 2.31 bits per heavy atom. The first kappa shape index (κ1) is 12.8. The van der Waals surface area contributed by atoms with Crippen molar-refractivity contribution in [2.45, 2.75) is 26.4 Å². The minimum atomic E-state index is -0.694. The van der Waals surface area contributed by atoms with Gasteiger partial charge < -0.3 is 10.1 Å². The molecule has 0 bridgehead atoms. The predicted octanol–water partition coefficient (Wildman–Crippen LogP) is 2.46. The third-order valence-electron chi connectivity index (χ3n) is 1.75. The summed E-state index contributed by atoms with van der Waals surface area (Å²) < 4.78 is 6.27. The van der Waals surface area contributed by atoms with Crippen molar-refractivity contribution in [3.8, 4) is 18.2 Å². The summed E-state index contributed by atoms with van der Waals surface area (Å²) in [6, 6.07) is 0. The van der Waals surface area contributed by atoms with Gasteiger partial charge in [0.05, 0.1) is 10.7 Å². The molecular formula is C11H14BrN3O. The summed E-state index contributed by atoms with van der Waals surface area (Å²) in [7, 11) is 0. The van der Waals surface area contributed by atoms with E-state index in [2.05, 4.69) is 37.1 Å². The summed E-state index contributed by atoms with van der Waals surface area (Å²) in [6.45, 7) is 6.32. The smallest absolute Gasteiger partial charge is 0.234 e. The average molecular weight is 284 g/mol. The molecule has 0 spiro atoms. The molecule has 1 aromatic rings. The average Bonchev–Trinajstić information content (AvgIpc) is 2.23. The topological polar surface area (TPSA) is 47.0 Å². The minimum Gasteiger partial charge on any atom is -0.458 e. The highest BCUT2D eigenvalue weighted by molar-refractivity contribution is 9.10. The maximum absolute atomic E-state index is 5.59. The number of ether oxygens (including phenoxy) is 1. The number of terminal acetylenes is 1. The van der Waals surface area contributed by atoms with Crippen molar-refractivity contribution in [1.82, 2.24) is 9.97 Å². The number of nitrogens with zero attached hydrogens (tertiary/aromatic N) is 2. The molecule has 0 saturated heterocycles. The normalized spacial score (nSPS) is 10.7. The van der Waals surface area contributed by atoms with Crippen LogP contribution < -0.4 is 10.1 Å². The SMILES string of the molecule is C#CC(C)(C)Oc1nc(NCC)ncc1Br. The summed E-state index contributed by atoms with van der Waals surface area (Å²) in [5, 5.41) is 3.00. The van der Waals surface area contributed by atoms with Crippen LogP contribution in [0.3, 0.4) is 0 Å². The van der Waals surface area contributed by atoms with Crippen LogP contribution in [0.25, 0.3) is 0 Å². The van der Waals surface area contributed by atoms with Gasteiger partial charge in [-0.3, -0.25) is 0 Å². The quantitative estimate of drug-likeness (QED) is 0.863. The van der Waals surface area contributed by atoms with Crippen LogP contribution in [0, 0.1) is 12.3 Å². The molecule has 0 amide bonds. The van der Waals surface area contributed by atoms with Crippen LogP contribution in [-0.2, 0) is 0 Å². The van der Waals surface area contributed by atoms with Crippen LogP contribution in [0.1, 0.15) is 20.8 Å². The zero-order chi connectivity index (χ0) is 12.2. The fourth-order valence-corrected chi connectivity index (χ4v) is 1.21. The molecule has 0 atom stereocenters. The number of nitrogens with one attached hydrogen (secondary N) is 1. The molecule has 0 aromatic carbocycles. The van der Waals surface area contributed by atoms with E-state index in [1.54, 1.807) is 20.0 Å². The van der Waals surface area contributed by atoms with E-state index in [1.165, 1.54) is 0 Å². The van der Waals surface area contributed by atoms with Crippen LogP contribution in [-0.4, -0.2) is 22.1 Å². The van der Waals surface area contributed by atoms with Crippen molar-refractivity contribution in [2.24, 2.45) is 0 Å². The standard InChI is InChI=1S/C11H14BrN3O/c1-5-11(3,4)16-9-8(12)7-14-10(15-9)13-6-2/h1,7H,6H2,2-4H3,(H,13,14,15). The lowest BCUT2D eigenvalue weighted by atomic mass is 10.1. The first-order valence-corrected chi connectivity index (χ1v) is 5.71. The Morgan fingerprint density at radius 1 is 1.62 bits per heavy atom. The molecule has 0 aliphatic heterocycles. The van der Waals surface area contributed by atoms with Gasteiger partial charge >= 0.3 is 0 Å². The maximum atomic E-state index is 5.59. The lowest BCUT2D eigenvalue weighted by Gasteiger charge is -2.20. The second-order valence-electron chi connectivity index (χ2n) is 3.63. The molecule has 0 radical (unpaired) electrons. The van der Waals surface area contributed by atoms with Gasteiger partial charge in [-0.25, -0.2) is 4.98 Å². The molecule has 1 N–H and O–H groups in total. The molecule has 1 heterocycles. The fraction of sp³-hybridized carbons (Fsp3) is 0.455. The Balaban J connectivity index is 2.95. The monoisotopic (exact) mass is 283 g/mol. The molecule has 0 aliphatic carbocycles. The molecule has 5 heteroatoms. The summed E-state index contributed by atoms with van der Waals surface area (Å²) >= 11 is 3.32. The van der Waals surface area contributed by atoms with E-state index in [0.29, 0.717) is 16.3 Å². The minimum absolute atomic E-state index is 0.439. The third-order valence-corrected chi connectivity index (χ3v) is 2.29. The van der Waals surface area contributed by atoms with Gasteiger partial charge in [0.25, 0.3) is 0 Å². The predicted molar refractivity (Wildman–Crippen MR) is 67.4 cm³/mol. The van der Waals surface area contributed by atoms with Crippen LogP contribution in [0.5, 0.6) is 5.88 Å². The van der Waals surface area contributed by atoms with E-state index in [1.807, 2.05) is 6.92 Å². The first-order valence-electron chi connectivity index (χ1n) is 4.91. The van der Waals surface area contributed by atoms with Gasteiger partial charge in [-0.2, -0.15) is 4.98 Å². The molecule has 0 fully saturated rings. The Morgan fingerprint density at radius 3 is 2.88 bits per heavy atom. The molecular weight excluding hydrogens is 270 g/mol. The Bertz CT molecular complexity index is 412. The van der Waals surface area contributed by atoms with Crippen molar-refractivity contribution in [3.05, 3.63) is 10.7 Å². The Kier molecular flexibility index (Phi) is 4.13. The second-order valence-corrected chi connectivity index (χ2v) is 4.49. The number of hydrogen-bond donors (Lipinski definition) is 1.